The summed E-state index contributed by atoms with van der Waals surface area (Å²) in [4.78, 5) is 31.9. The number of pyridine rings is 1. The zero-order valence-electron chi connectivity index (χ0n) is 20.8. The minimum atomic E-state index is -0.183. The number of piperazine rings is 1. The minimum Gasteiger partial charge on any atom is -0.493 e. The highest BCUT2D eigenvalue weighted by molar-refractivity contribution is 6.07. The Kier molecular flexibility index (Phi) is 6.89. The minimum absolute atomic E-state index is 0.0274. The van der Waals surface area contributed by atoms with Crippen molar-refractivity contribution in [1.29, 1.82) is 0 Å². The van der Waals surface area contributed by atoms with Crippen molar-refractivity contribution in [2.75, 3.05) is 38.8 Å². The molecule has 1 aromatic heterocycles. The van der Waals surface area contributed by atoms with E-state index in [-0.39, 0.29) is 11.8 Å². The van der Waals surface area contributed by atoms with Gasteiger partial charge < -0.3 is 25.0 Å². The van der Waals surface area contributed by atoms with Gasteiger partial charge in [0, 0.05) is 36.3 Å². The van der Waals surface area contributed by atoms with Crippen LogP contribution in [0.5, 0.6) is 11.5 Å². The van der Waals surface area contributed by atoms with Gasteiger partial charge in [0.1, 0.15) is 0 Å². The molecule has 2 N–H and O–H groups in total. The Morgan fingerprint density at radius 2 is 1.78 bits per heavy atom. The summed E-state index contributed by atoms with van der Waals surface area (Å²) < 4.78 is 10.8. The van der Waals surface area contributed by atoms with Crippen molar-refractivity contribution in [3.8, 4) is 22.8 Å². The number of hydrogen-bond acceptors (Lipinski definition) is 6. The molecule has 5 rings (SSSR count). The van der Waals surface area contributed by atoms with Crippen molar-refractivity contribution in [2.45, 2.75) is 6.54 Å². The summed E-state index contributed by atoms with van der Waals surface area (Å²) in [5.41, 5.74) is 4.72. The van der Waals surface area contributed by atoms with Crippen LogP contribution in [0.3, 0.4) is 0 Å². The molecular weight excluding hydrogens is 468 g/mol. The van der Waals surface area contributed by atoms with Crippen LogP contribution in [0.15, 0.2) is 72.8 Å². The second-order valence-electron chi connectivity index (χ2n) is 8.76. The molecule has 0 aliphatic carbocycles. The Hall–Kier alpha value is -4.59. The van der Waals surface area contributed by atoms with E-state index in [1.807, 2.05) is 77.7 Å². The lowest BCUT2D eigenvalue weighted by Crippen LogP contribution is -2.47. The number of anilines is 1. The van der Waals surface area contributed by atoms with Crippen molar-refractivity contribution in [3.05, 3.63) is 83.9 Å². The second-order valence-corrected chi connectivity index (χ2v) is 8.76. The van der Waals surface area contributed by atoms with Crippen LogP contribution in [0.2, 0.25) is 0 Å². The molecule has 37 heavy (non-hydrogen) atoms. The number of carbonyl (C=O) groups is 2. The quantitative estimate of drug-likeness (QED) is 0.405. The number of methoxy groups -OCH3 is 2. The maximum absolute atomic E-state index is 13.4. The molecule has 3 aromatic carbocycles. The predicted molar refractivity (Wildman–Crippen MR) is 143 cm³/mol. The summed E-state index contributed by atoms with van der Waals surface area (Å²) in [7, 11) is 3.18. The van der Waals surface area contributed by atoms with Gasteiger partial charge in [-0.2, -0.15) is 0 Å². The molecule has 0 bridgehead atoms. The fraction of sp³-hybridized carbons (Fsp3) is 0.207. The Labute approximate surface area is 215 Å². The molecule has 2 amide bonds. The van der Waals surface area contributed by atoms with E-state index in [0.29, 0.717) is 42.4 Å². The summed E-state index contributed by atoms with van der Waals surface area (Å²) in [6, 6.07) is 22.9. The van der Waals surface area contributed by atoms with Gasteiger partial charge >= 0.3 is 0 Å². The summed E-state index contributed by atoms with van der Waals surface area (Å²) in [5.74, 6) is 1.06. The van der Waals surface area contributed by atoms with Crippen LogP contribution >= 0.6 is 0 Å². The lowest BCUT2D eigenvalue weighted by Gasteiger charge is -2.28. The Balaban J connectivity index is 1.37. The van der Waals surface area contributed by atoms with Crippen molar-refractivity contribution in [2.24, 2.45) is 0 Å². The lowest BCUT2D eigenvalue weighted by molar-refractivity contribution is -0.120. The number of para-hydroxylation sites is 1. The molecule has 8 heteroatoms. The van der Waals surface area contributed by atoms with Crippen molar-refractivity contribution in [3.63, 3.8) is 0 Å². The number of fused-ring (bicyclic) bond motifs is 1. The highest BCUT2D eigenvalue weighted by Crippen LogP contribution is 2.33. The third-order valence-corrected chi connectivity index (χ3v) is 6.43. The zero-order valence-corrected chi connectivity index (χ0v) is 20.8. The average molecular weight is 497 g/mol. The first-order chi connectivity index (χ1) is 18.1. The monoisotopic (exact) mass is 496 g/mol. The maximum atomic E-state index is 13.4. The van der Waals surface area contributed by atoms with Crippen LogP contribution < -0.4 is 25.0 Å². The molecular formula is C29H28N4O4. The summed E-state index contributed by atoms with van der Waals surface area (Å²) in [5, 5.41) is 6.66. The zero-order chi connectivity index (χ0) is 25.8. The molecule has 4 aromatic rings. The molecule has 1 saturated heterocycles. The number of rotatable bonds is 7. The van der Waals surface area contributed by atoms with Gasteiger partial charge in [-0.15, -0.1) is 0 Å². The number of ether oxygens (including phenoxy) is 2. The lowest BCUT2D eigenvalue weighted by atomic mass is 10.0. The van der Waals surface area contributed by atoms with Crippen LogP contribution in [0.1, 0.15) is 15.9 Å². The SMILES string of the molecule is COc1ccc(-c2cc(C(=O)NCc3ccc(N4CCNC(=O)C4)cc3)c3ccccc3n2)cc1OC. The molecule has 188 valence electrons. The molecule has 0 spiro atoms. The van der Waals surface area contributed by atoms with E-state index in [1.165, 1.54) is 0 Å². The number of hydrogen-bond donors (Lipinski definition) is 2. The first-order valence-electron chi connectivity index (χ1n) is 12.1. The van der Waals surface area contributed by atoms with E-state index in [4.69, 9.17) is 14.5 Å². The summed E-state index contributed by atoms with van der Waals surface area (Å²) in [6.07, 6.45) is 0. The van der Waals surface area contributed by atoms with Gasteiger partial charge in [0.25, 0.3) is 5.91 Å². The molecule has 2 heterocycles. The second kappa shape index (κ2) is 10.6. The van der Waals surface area contributed by atoms with E-state index in [1.54, 1.807) is 14.2 Å². The van der Waals surface area contributed by atoms with E-state index in [9.17, 15) is 9.59 Å². The van der Waals surface area contributed by atoms with E-state index < -0.39 is 0 Å². The van der Waals surface area contributed by atoms with Crippen LogP contribution in [0, 0.1) is 0 Å². The van der Waals surface area contributed by atoms with Gasteiger partial charge in [0.2, 0.25) is 5.91 Å². The van der Waals surface area contributed by atoms with Gasteiger partial charge in [0.15, 0.2) is 11.5 Å². The van der Waals surface area contributed by atoms with E-state index in [2.05, 4.69) is 10.6 Å². The molecule has 1 fully saturated rings. The third kappa shape index (κ3) is 5.18. The molecule has 0 unspecified atom stereocenters. The smallest absolute Gasteiger partial charge is 0.252 e. The number of carbonyl (C=O) groups excluding carboxylic acids is 2. The molecule has 0 saturated carbocycles. The maximum Gasteiger partial charge on any atom is 0.252 e. The first kappa shape index (κ1) is 24.1. The third-order valence-electron chi connectivity index (χ3n) is 6.43. The summed E-state index contributed by atoms with van der Waals surface area (Å²) in [6.45, 7) is 2.15. The predicted octanol–water partition coefficient (Wildman–Crippen LogP) is 3.79. The molecule has 1 aliphatic rings. The fourth-order valence-corrected chi connectivity index (χ4v) is 4.47. The Bertz CT molecular complexity index is 1450. The molecule has 1 aliphatic heterocycles. The van der Waals surface area contributed by atoms with Crippen LogP contribution in [0.4, 0.5) is 5.69 Å². The van der Waals surface area contributed by atoms with E-state index >= 15 is 0 Å². The Morgan fingerprint density at radius 1 is 1.00 bits per heavy atom. The number of amides is 2. The number of nitrogens with zero attached hydrogens (tertiary/aromatic N) is 2. The largest absolute Gasteiger partial charge is 0.493 e. The highest BCUT2D eigenvalue weighted by Gasteiger charge is 2.17. The van der Waals surface area contributed by atoms with Gasteiger partial charge in [-0.25, -0.2) is 4.98 Å². The number of aromatic nitrogens is 1. The first-order valence-corrected chi connectivity index (χ1v) is 12.1. The fourth-order valence-electron chi connectivity index (χ4n) is 4.47. The van der Waals surface area contributed by atoms with Crippen LogP contribution in [-0.2, 0) is 11.3 Å². The van der Waals surface area contributed by atoms with Gasteiger partial charge in [-0.3, -0.25) is 9.59 Å². The molecule has 8 nitrogen and oxygen atoms in total. The average Bonchev–Trinajstić information content (AvgIpc) is 2.95. The molecule has 0 atom stereocenters. The van der Waals surface area contributed by atoms with Crippen LogP contribution in [0.25, 0.3) is 22.2 Å². The Morgan fingerprint density at radius 3 is 2.54 bits per heavy atom. The normalized spacial score (nSPS) is 13.2. The van der Waals surface area contributed by atoms with Crippen molar-refractivity contribution in [1.82, 2.24) is 15.6 Å². The van der Waals surface area contributed by atoms with Crippen LogP contribution in [-0.4, -0.2) is 50.7 Å². The van der Waals surface area contributed by atoms with Crippen molar-refractivity contribution < 1.29 is 19.1 Å². The van der Waals surface area contributed by atoms with Crippen molar-refractivity contribution >= 4 is 28.4 Å². The topological polar surface area (TPSA) is 92.8 Å². The molecule has 0 radical (unpaired) electrons. The van der Waals surface area contributed by atoms with Gasteiger partial charge in [0.05, 0.1) is 37.5 Å². The standard InChI is InChI=1S/C29H28N4O4/c1-36-26-12-9-20(15-27(26)37-2)25-16-23(22-5-3-4-6-24(22)32-25)29(35)31-17-19-7-10-21(11-8-19)33-14-13-30-28(34)18-33/h3-12,15-16H,13-14,17-18H2,1-2H3,(H,30,34)(H,31,35). The van der Waals surface area contributed by atoms with Gasteiger partial charge in [-0.1, -0.05) is 30.3 Å². The summed E-state index contributed by atoms with van der Waals surface area (Å²) >= 11 is 0. The highest BCUT2D eigenvalue weighted by atomic mass is 16.5. The number of nitrogens with one attached hydrogen (secondary N) is 2. The number of benzene rings is 3. The van der Waals surface area contributed by atoms with E-state index in [0.717, 1.165) is 34.3 Å². The van der Waals surface area contributed by atoms with Gasteiger partial charge in [-0.05, 0) is 48.0 Å².